The van der Waals surface area contributed by atoms with E-state index in [4.69, 9.17) is 0 Å². The molecule has 0 radical (unpaired) electrons. The second-order valence-corrected chi connectivity index (χ2v) is 9.59. The highest BCUT2D eigenvalue weighted by Gasteiger charge is 2.34. The zero-order valence-corrected chi connectivity index (χ0v) is 22.9. The molecule has 190 valence electrons. The number of pyridine rings is 1. The van der Waals surface area contributed by atoms with E-state index >= 15 is 0 Å². The van der Waals surface area contributed by atoms with E-state index in [2.05, 4.69) is 102 Å². The molecule has 0 aliphatic carbocycles. The third-order valence-electron chi connectivity index (χ3n) is 6.83. The van der Waals surface area contributed by atoms with Gasteiger partial charge in [-0.25, -0.2) is 0 Å². The SMILES string of the molecule is C#CC.C/C=C\C=C/c1ccccn1.CNc1ccc2c(c1)c1cccc3c1n2-c1ccccc1C3(C)C. The van der Waals surface area contributed by atoms with Crippen LogP contribution in [0.3, 0.4) is 0 Å². The van der Waals surface area contributed by atoms with Crippen molar-refractivity contribution in [1.29, 1.82) is 0 Å². The lowest BCUT2D eigenvalue weighted by Crippen LogP contribution is -2.26. The maximum absolute atomic E-state index is 4.60. The summed E-state index contributed by atoms with van der Waals surface area (Å²) in [5, 5.41) is 5.91. The molecule has 2 aromatic heterocycles. The number of rotatable bonds is 3. The third kappa shape index (κ3) is 4.99. The lowest BCUT2D eigenvalue weighted by atomic mass is 9.75. The first-order valence-electron chi connectivity index (χ1n) is 12.9. The van der Waals surface area contributed by atoms with E-state index in [-0.39, 0.29) is 5.41 Å². The van der Waals surface area contributed by atoms with Crippen molar-refractivity contribution in [2.75, 3.05) is 12.4 Å². The molecule has 0 bridgehead atoms. The van der Waals surface area contributed by atoms with Gasteiger partial charge < -0.3 is 9.88 Å². The van der Waals surface area contributed by atoms with Crippen LogP contribution in [0.5, 0.6) is 0 Å². The van der Waals surface area contributed by atoms with E-state index in [0.717, 1.165) is 11.4 Å². The Labute approximate surface area is 226 Å². The highest BCUT2D eigenvalue weighted by Crippen LogP contribution is 2.47. The first-order valence-corrected chi connectivity index (χ1v) is 12.9. The Morgan fingerprint density at radius 1 is 0.895 bits per heavy atom. The van der Waals surface area contributed by atoms with Crippen LogP contribution in [-0.2, 0) is 5.41 Å². The van der Waals surface area contributed by atoms with Gasteiger partial charge in [0.1, 0.15) is 0 Å². The van der Waals surface area contributed by atoms with Crippen LogP contribution in [0, 0.1) is 12.3 Å². The zero-order chi connectivity index (χ0) is 27.1. The van der Waals surface area contributed by atoms with Gasteiger partial charge in [0.05, 0.1) is 22.4 Å². The molecule has 0 saturated heterocycles. The van der Waals surface area contributed by atoms with Gasteiger partial charge in [0.2, 0.25) is 0 Å². The van der Waals surface area contributed by atoms with Crippen molar-refractivity contribution >= 4 is 33.6 Å². The number of terminal acetylenes is 1. The summed E-state index contributed by atoms with van der Waals surface area (Å²) in [5.41, 5.74) is 8.87. The number of fused-ring (bicyclic) bond motifs is 5. The Morgan fingerprint density at radius 2 is 1.63 bits per heavy atom. The van der Waals surface area contributed by atoms with Gasteiger partial charge in [-0.1, -0.05) is 74.5 Å². The molecule has 0 spiro atoms. The van der Waals surface area contributed by atoms with Gasteiger partial charge in [0.25, 0.3) is 0 Å². The predicted octanol–water partition coefficient (Wildman–Crippen LogP) is 8.78. The molecule has 1 aliphatic heterocycles. The van der Waals surface area contributed by atoms with Crippen LogP contribution in [-0.4, -0.2) is 16.6 Å². The van der Waals surface area contributed by atoms with E-state index < -0.39 is 0 Å². The lowest BCUT2D eigenvalue weighted by Gasteiger charge is -2.34. The minimum atomic E-state index is 0.00627. The zero-order valence-electron chi connectivity index (χ0n) is 22.9. The van der Waals surface area contributed by atoms with Crippen LogP contribution in [0.1, 0.15) is 44.5 Å². The van der Waals surface area contributed by atoms with Gasteiger partial charge in [0.15, 0.2) is 0 Å². The van der Waals surface area contributed by atoms with Crippen LogP contribution in [0.25, 0.3) is 33.6 Å². The maximum atomic E-state index is 4.60. The van der Waals surface area contributed by atoms with E-state index in [0.29, 0.717) is 0 Å². The van der Waals surface area contributed by atoms with Gasteiger partial charge in [-0.2, -0.15) is 0 Å². The Balaban J connectivity index is 0.000000202. The number of hydrogen-bond donors (Lipinski definition) is 1. The standard InChI is InChI=1S/C22H20N2.C10H11N.C3H4/c1-22(2)17-8-4-5-10-20(17)24-19-12-11-14(23-3)13-16(19)15-7-6-9-18(22)21(15)24;1-2-3-4-7-10-8-5-6-9-11-10;1-3-2/h4-13,23H,1-3H3;2-9H,1H3;1H,2H3/b;3-2-,7-4-;. The molecule has 1 aliphatic rings. The number of anilines is 1. The van der Waals surface area contributed by atoms with Crippen LogP contribution in [0.15, 0.2) is 103 Å². The van der Waals surface area contributed by atoms with Crippen LogP contribution >= 0.6 is 0 Å². The van der Waals surface area contributed by atoms with Crippen molar-refractivity contribution in [3.63, 3.8) is 0 Å². The number of nitrogens with one attached hydrogen (secondary N) is 1. The largest absolute Gasteiger partial charge is 0.388 e. The molecule has 3 nitrogen and oxygen atoms in total. The minimum Gasteiger partial charge on any atom is -0.388 e. The normalized spacial score (nSPS) is 12.8. The average molecular weight is 498 g/mol. The molecule has 5 aromatic rings. The van der Waals surface area contributed by atoms with Crippen LogP contribution in [0.2, 0.25) is 0 Å². The molecule has 1 N–H and O–H groups in total. The van der Waals surface area contributed by atoms with Gasteiger partial charge in [-0.3, -0.25) is 4.98 Å². The Hall–Kier alpha value is -4.55. The highest BCUT2D eigenvalue weighted by atomic mass is 15.0. The number of hydrogen-bond acceptors (Lipinski definition) is 2. The van der Waals surface area contributed by atoms with Gasteiger partial charge in [-0.05, 0) is 67.4 Å². The Kier molecular flexibility index (Phi) is 8.14. The molecule has 6 rings (SSSR count). The van der Waals surface area contributed by atoms with Crippen molar-refractivity contribution < 1.29 is 0 Å². The van der Waals surface area contributed by atoms with E-state index in [1.54, 1.807) is 13.1 Å². The van der Waals surface area contributed by atoms with Crippen molar-refractivity contribution in [3.05, 3.63) is 120 Å². The van der Waals surface area contributed by atoms with Crippen LogP contribution in [0.4, 0.5) is 5.69 Å². The second kappa shape index (κ2) is 11.7. The summed E-state index contributed by atoms with van der Waals surface area (Å²) in [6, 6.07) is 28.1. The molecule has 0 amide bonds. The quantitative estimate of drug-likeness (QED) is 0.199. The van der Waals surface area contributed by atoms with Crippen LogP contribution < -0.4 is 5.32 Å². The fraction of sp³-hybridized carbons (Fsp3) is 0.171. The monoisotopic (exact) mass is 497 g/mol. The van der Waals surface area contributed by atoms with Gasteiger partial charge in [-0.15, -0.1) is 12.3 Å². The Morgan fingerprint density at radius 3 is 2.34 bits per heavy atom. The summed E-state index contributed by atoms with van der Waals surface area (Å²) in [6.45, 7) is 8.31. The first kappa shape index (κ1) is 26.5. The van der Waals surface area contributed by atoms with Crippen molar-refractivity contribution in [2.24, 2.45) is 0 Å². The number of para-hydroxylation sites is 2. The highest BCUT2D eigenvalue weighted by molar-refractivity contribution is 6.12. The topological polar surface area (TPSA) is 29.9 Å². The second-order valence-electron chi connectivity index (χ2n) is 9.59. The third-order valence-corrected chi connectivity index (χ3v) is 6.83. The maximum Gasteiger partial charge on any atom is 0.0629 e. The number of allylic oxidation sites excluding steroid dienone is 3. The first-order chi connectivity index (χ1) is 18.5. The molecular weight excluding hydrogens is 462 g/mol. The van der Waals surface area contributed by atoms with E-state index in [1.165, 1.54) is 38.6 Å². The minimum absolute atomic E-state index is 0.00627. The van der Waals surface area contributed by atoms with Gasteiger partial charge >= 0.3 is 0 Å². The summed E-state index contributed by atoms with van der Waals surface area (Å²) < 4.78 is 2.44. The molecule has 3 heterocycles. The number of benzene rings is 3. The van der Waals surface area contributed by atoms with Crippen molar-refractivity contribution in [3.8, 4) is 18.0 Å². The molecule has 0 atom stereocenters. The summed E-state index contributed by atoms with van der Waals surface area (Å²) in [5.74, 6) is 2.25. The van der Waals surface area contributed by atoms with Crippen molar-refractivity contribution in [2.45, 2.75) is 33.1 Å². The average Bonchev–Trinajstić information content (AvgIpc) is 3.28. The molecule has 0 saturated carbocycles. The lowest BCUT2D eigenvalue weighted by molar-refractivity contribution is 0.630. The van der Waals surface area contributed by atoms with E-state index in [9.17, 15) is 0 Å². The predicted molar refractivity (Wildman–Crippen MR) is 165 cm³/mol. The fourth-order valence-electron chi connectivity index (χ4n) is 5.06. The molecule has 0 fully saturated rings. The molecular formula is C35H35N3. The summed E-state index contributed by atoms with van der Waals surface area (Å²) >= 11 is 0. The summed E-state index contributed by atoms with van der Waals surface area (Å²) in [4.78, 5) is 4.13. The summed E-state index contributed by atoms with van der Waals surface area (Å²) in [6.07, 6.45) is 14.3. The van der Waals surface area contributed by atoms with Gasteiger partial charge in [0, 0.05) is 35.1 Å². The van der Waals surface area contributed by atoms with Crippen molar-refractivity contribution in [1.82, 2.24) is 9.55 Å². The molecule has 3 heteroatoms. The Bertz CT molecular complexity index is 1640. The molecule has 38 heavy (non-hydrogen) atoms. The fourth-order valence-corrected chi connectivity index (χ4v) is 5.06. The summed E-state index contributed by atoms with van der Waals surface area (Å²) in [7, 11) is 1.97. The smallest absolute Gasteiger partial charge is 0.0629 e. The van der Waals surface area contributed by atoms with E-state index in [1.807, 2.05) is 56.5 Å². The molecule has 3 aromatic carbocycles. The number of nitrogens with zero attached hydrogens (tertiary/aromatic N) is 2. The number of aromatic nitrogens is 2. The molecule has 0 unspecified atom stereocenters.